The van der Waals surface area contributed by atoms with Crippen LogP contribution in [0.25, 0.3) is 33.7 Å². The van der Waals surface area contributed by atoms with Gasteiger partial charge in [0, 0.05) is 23.0 Å². The van der Waals surface area contributed by atoms with E-state index < -0.39 is 0 Å². The van der Waals surface area contributed by atoms with Crippen molar-refractivity contribution < 1.29 is 4.79 Å². The van der Waals surface area contributed by atoms with E-state index in [1.807, 2.05) is 91.0 Å². The van der Waals surface area contributed by atoms with Gasteiger partial charge in [-0.2, -0.15) is 0 Å². The van der Waals surface area contributed by atoms with Gasteiger partial charge in [-0.15, -0.1) is 0 Å². The van der Waals surface area contributed by atoms with Crippen molar-refractivity contribution >= 4 is 28.6 Å². The number of nitrogens with one attached hydrogen (secondary N) is 2. The van der Waals surface area contributed by atoms with Gasteiger partial charge in [0.05, 0.1) is 17.1 Å². The standard InChI is InChI=1S/C26H19N5O/c32-26(28-20-14-8-3-9-15-20)29-21-16-17-27-25-24(21)30-22(18-10-4-1-5-11-18)23(31-25)19-12-6-2-7-13-19/h1-17H,(H2,27,28,29,31,32). The van der Waals surface area contributed by atoms with Crippen LogP contribution < -0.4 is 10.6 Å². The van der Waals surface area contributed by atoms with Crippen molar-refractivity contribution in [2.45, 2.75) is 0 Å². The molecule has 0 aliphatic heterocycles. The van der Waals surface area contributed by atoms with Gasteiger partial charge >= 0.3 is 6.03 Å². The molecule has 0 aliphatic carbocycles. The average Bonchev–Trinajstić information content (AvgIpc) is 2.85. The lowest BCUT2D eigenvalue weighted by molar-refractivity contribution is 0.262. The second kappa shape index (κ2) is 8.65. The number of carbonyl (C=O) groups is 1. The molecule has 0 bridgehead atoms. The van der Waals surface area contributed by atoms with Crippen LogP contribution in [0, 0.1) is 0 Å². The molecule has 5 rings (SSSR count). The third-order valence-electron chi connectivity index (χ3n) is 4.94. The molecule has 2 aromatic heterocycles. The highest BCUT2D eigenvalue weighted by Gasteiger charge is 2.16. The largest absolute Gasteiger partial charge is 0.323 e. The third kappa shape index (κ3) is 4.02. The fourth-order valence-electron chi connectivity index (χ4n) is 3.46. The predicted molar refractivity (Wildman–Crippen MR) is 127 cm³/mol. The van der Waals surface area contributed by atoms with E-state index in [4.69, 9.17) is 9.97 Å². The minimum atomic E-state index is -0.362. The quantitative estimate of drug-likeness (QED) is 0.376. The van der Waals surface area contributed by atoms with Crippen LogP contribution in [0.1, 0.15) is 0 Å². The maximum absolute atomic E-state index is 12.6. The molecule has 0 unspecified atom stereocenters. The van der Waals surface area contributed by atoms with Crippen molar-refractivity contribution in [3.63, 3.8) is 0 Å². The Morgan fingerprint density at radius 1 is 0.625 bits per heavy atom. The molecule has 0 radical (unpaired) electrons. The number of carbonyl (C=O) groups excluding carboxylic acids is 1. The highest BCUT2D eigenvalue weighted by Crippen LogP contribution is 2.32. The molecule has 0 atom stereocenters. The minimum Gasteiger partial charge on any atom is -0.308 e. The van der Waals surface area contributed by atoms with Crippen molar-refractivity contribution in [2.75, 3.05) is 10.6 Å². The predicted octanol–water partition coefficient (Wildman–Crippen LogP) is 6.00. The van der Waals surface area contributed by atoms with Crippen LogP contribution in [0.15, 0.2) is 103 Å². The summed E-state index contributed by atoms with van der Waals surface area (Å²) in [6, 6.07) is 30.4. The van der Waals surface area contributed by atoms with E-state index in [9.17, 15) is 4.79 Å². The van der Waals surface area contributed by atoms with E-state index in [1.54, 1.807) is 12.3 Å². The second-order valence-corrected chi connectivity index (χ2v) is 7.13. The molecule has 6 nitrogen and oxygen atoms in total. The molecule has 0 fully saturated rings. The lowest BCUT2D eigenvalue weighted by Crippen LogP contribution is -2.19. The molecular formula is C26H19N5O. The van der Waals surface area contributed by atoms with Crippen LogP contribution in [0.4, 0.5) is 16.2 Å². The van der Waals surface area contributed by atoms with Crippen molar-refractivity contribution in [1.82, 2.24) is 15.0 Å². The molecule has 0 spiro atoms. The third-order valence-corrected chi connectivity index (χ3v) is 4.94. The number of anilines is 2. The lowest BCUT2D eigenvalue weighted by atomic mass is 10.0. The fraction of sp³-hybridized carbons (Fsp3) is 0. The Hall–Kier alpha value is -4.58. The Morgan fingerprint density at radius 2 is 1.19 bits per heavy atom. The second-order valence-electron chi connectivity index (χ2n) is 7.13. The summed E-state index contributed by atoms with van der Waals surface area (Å²) in [5, 5.41) is 5.70. The number of benzene rings is 3. The molecule has 32 heavy (non-hydrogen) atoms. The number of amides is 2. The van der Waals surface area contributed by atoms with Gasteiger partial charge < -0.3 is 10.6 Å². The SMILES string of the molecule is O=C(Nc1ccccc1)Nc1ccnc2nc(-c3ccccc3)c(-c3ccccc3)nc12. The molecule has 5 aromatic rings. The molecule has 6 heteroatoms. The van der Waals surface area contributed by atoms with Crippen LogP contribution in [-0.4, -0.2) is 21.0 Å². The zero-order valence-corrected chi connectivity index (χ0v) is 17.1. The number of pyridine rings is 1. The Morgan fingerprint density at radius 3 is 1.81 bits per heavy atom. The highest BCUT2D eigenvalue weighted by atomic mass is 16.2. The Labute approximate surface area is 185 Å². The minimum absolute atomic E-state index is 0.362. The molecule has 154 valence electrons. The van der Waals surface area contributed by atoms with Gasteiger partial charge in [-0.05, 0) is 18.2 Å². The van der Waals surface area contributed by atoms with Crippen LogP contribution >= 0.6 is 0 Å². The summed E-state index contributed by atoms with van der Waals surface area (Å²) >= 11 is 0. The number of rotatable bonds is 4. The zero-order chi connectivity index (χ0) is 21.8. The monoisotopic (exact) mass is 417 g/mol. The normalized spacial score (nSPS) is 10.6. The number of hydrogen-bond acceptors (Lipinski definition) is 4. The first-order valence-corrected chi connectivity index (χ1v) is 10.2. The first-order chi connectivity index (χ1) is 15.8. The smallest absolute Gasteiger partial charge is 0.308 e. The van der Waals surface area contributed by atoms with Gasteiger partial charge in [0.15, 0.2) is 5.65 Å². The lowest BCUT2D eigenvalue weighted by Gasteiger charge is -2.13. The van der Waals surface area contributed by atoms with Crippen LogP contribution in [0.2, 0.25) is 0 Å². The van der Waals surface area contributed by atoms with Crippen LogP contribution in [0.3, 0.4) is 0 Å². The summed E-state index contributed by atoms with van der Waals surface area (Å²) in [6.45, 7) is 0. The van der Waals surface area contributed by atoms with Gasteiger partial charge in [0.25, 0.3) is 0 Å². The number of fused-ring (bicyclic) bond motifs is 1. The number of hydrogen-bond donors (Lipinski definition) is 2. The summed E-state index contributed by atoms with van der Waals surface area (Å²) in [4.78, 5) is 26.7. The van der Waals surface area contributed by atoms with E-state index >= 15 is 0 Å². The van der Waals surface area contributed by atoms with Gasteiger partial charge in [0.1, 0.15) is 5.52 Å². The maximum atomic E-state index is 12.6. The van der Waals surface area contributed by atoms with E-state index in [0.717, 1.165) is 22.5 Å². The van der Waals surface area contributed by atoms with E-state index in [1.165, 1.54) is 0 Å². The van der Waals surface area contributed by atoms with Crippen molar-refractivity contribution in [1.29, 1.82) is 0 Å². The number of urea groups is 1. The van der Waals surface area contributed by atoms with Crippen molar-refractivity contribution in [2.24, 2.45) is 0 Å². The molecule has 0 saturated heterocycles. The molecule has 0 aliphatic rings. The number of aromatic nitrogens is 3. The van der Waals surface area contributed by atoms with E-state index in [-0.39, 0.29) is 6.03 Å². The van der Waals surface area contributed by atoms with Crippen molar-refractivity contribution in [3.8, 4) is 22.5 Å². The molecule has 2 heterocycles. The molecular weight excluding hydrogens is 398 g/mol. The Balaban J connectivity index is 1.60. The summed E-state index contributed by atoms with van der Waals surface area (Å²) in [5.74, 6) is 0. The maximum Gasteiger partial charge on any atom is 0.323 e. The van der Waals surface area contributed by atoms with Crippen LogP contribution in [0.5, 0.6) is 0 Å². The highest BCUT2D eigenvalue weighted by molar-refractivity contribution is 6.04. The van der Waals surface area contributed by atoms with Gasteiger partial charge in [-0.3, -0.25) is 0 Å². The van der Waals surface area contributed by atoms with E-state index in [0.29, 0.717) is 22.5 Å². The Bertz CT molecular complexity index is 1370. The Kier molecular flexibility index (Phi) is 5.24. The topological polar surface area (TPSA) is 79.8 Å². The summed E-state index contributed by atoms with van der Waals surface area (Å²) < 4.78 is 0. The fourth-order valence-corrected chi connectivity index (χ4v) is 3.46. The first kappa shape index (κ1) is 19.4. The molecule has 2 N–H and O–H groups in total. The average molecular weight is 417 g/mol. The number of nitrogens with zero attached hydrogens (tertiary/aromatic N) is 3. The van der Waals surface area contributed by atoms with Gasteiger partial charge in [-0.25, -0.2) is 19.7 Å². The van der Waals surface area contributed by atoms with Gasteiger partial charge in [0.2, 0.25) is 0 Å². The molecule has 2 amide bonds. The molecule has 0 saturated carbocycles. The molecule has 3 aromatic carbocycles. The summed E-state index contributed by atoms with van der Waals surface area (Å²) in [6.07, 6.45) is 1.62. The zero-order valence-electron chi connectivity index (χ0n) is 17.1. The first-order valence-electron chi connectivity index (χ1n) is 10.2. The summed E-state index contributed by atoms with van der Waals surface area (Å²) in [7, 11) is 0. The number of para-hydroxylation sites is 1. The van der Waals surface area contributed by atoms with E-state index in [2.05, 4.69) is 15.6 Å². The van der Waals surface area contributed by atoms with Gasteiger partial charge in [-0.1, -0.05) is 78.9 Å². The van der Waals surface area contributed by atoms with Crippen molar-refractivity contribution in [3.05, 3.63) is 103 Å². The summed E-state index contributed by atoms with van der Waals surface area (Å²) in [5.41, 5.74) is 5.56. The van der Waals surface area contributed by atoms with Crippen LogP contribution in [-0.2, 0) is 0 Å².